The Labute approximate surface area is 194 Å². The number of rotatable bonds is 6. The van der Waals surface area contributed by atoms with Crippen LogP contribution in [-0.2, 0) is 17.8 Å². The third kappa shape index (κ3) is 7.07. The van der Waals surface area contributed by atoms with Crippen LogP contribution in [0.1, 0.15) is 35.0 Å². The lowest BCUT2D eigenvalue weighted by molar-refractivity contribution is 0.0529. The van der Waals surface area contributed by atoms with Gasteiger partial charge < -0.3 is 20.3 Å². The summed E-state index contributed by atoms with van der Waals surface area (Å²) in [5.74, 6) is 1.79. The Morgan fingerprint density at radius 3 is 2.79 bits per heavy atom. The highest BCUT2D eigenvalue weighted by atomic mass is 127. The molecule has 0 radical (unpaired) electrons. The van der Waals surface area contributed by atoms with Crippen LogP contribution in [0.4, 0.5) is 5.82 Å². The van der Waals surface area contributed by atoms with Gasteiger partial charge in [0, 0.05) is 30.7 Å². The molecule has 7 nitrogen and oxygen atoms in total. The van der Waals surface area contributed by atoms with E-state index in [4.69, 9.17) is 4.74 Å². The number of morpholine rings is 1. The van der Waals surface area contributed by atoms with Gasteiger partial charge >= 0.3 is 0 Å². The number of hydrogen-bond donors (Lipinski definition) is 2. The van der Waals surface area contributed by atoms with Crippen molar-refractivity contribution in [2.24, 2.45) is 4.99 Å². The van der Waals surface area contributed by atoms with Crippen molar-refractivity contribution in [3.63, 3.8) is 0 Å². The number of thiazole rings is 1. The summed E-state index contributed by atoms with van der Waals surface area (Å²) in [6.45, 7) is 12.9. The maximum absolute atomic E-state index is 5.60. The highest BCUT2D eigenvalue weighted by molar-refractivity contribution is 14.0. The lowest BCUT2D eigenvalue weighted by Crippen LogP contribution is -2.41. The van der Waals surface area contributed by atoms with Gasteiger partial charge in [0.2, 0.25) is 0 Å². The molecule has 1 atom stereocenters. The molecule has 1 aliphatic heterocycles. The van der Waals surface area contributed by atoms with Gasteiger partial charge in [-0.1, -0.05) is 6.07 Å². The Kier molecular flexibility index (Phi) is 9.57. The van der Waals surface area contributed by atoms with E-state index >= 15 is 0 Å². The first-order chi connectivity index (χ1) is 13.5. The van der Waals surface area contributed by atoms with E-state index < -0.39 is 0 Å². The van der Waals surface area contributed by atoms with E-state index in [1.165, 1.54) is 4.88 Å². The van der Waals surface area contributed by atoms with Gasteiger partial charge in [-0.2, -0.15) is 0 Å². The van der Waals surface area contributed by atoms with Crippen molar-refractivity contribution in [3.8, 4) is 0 Å². The predicted molar refractivity (Wildman–Crippen MR) is 131 cm³/mol. The average Bonchev–Trinajstić information content (AvgIpc) is 3.02. The largest absolute Gasteiger partial charge is 0.375 e. The van der Waals surface area contributed by atoms with E-state index in [0.29, 0.717) is 13.1 Å². The van der Waals surface area contributed by atoms with Crippen molar-refractivity contribution < 1.29 is 4.74 Å². The second-order valence-corrected chi connectivity index (χ2v) is 8.24. The van der Waals surface area contributed by atoms with Crippen LogP contribution >= 0.6 is 35.3 Å². The zero-order valence-electron chi connectivity index (χ0n) is 17.6. The molecule has 3 heterocycles. The van der Waals surface area contributed by atoms with Crippen molar-refractivity contribution >= 4 is 47.1 Å². The number of aryl methyl sites for hydroxylation is 2. The van der Waals surface area contributed by atoms with Crippen LogP contribution in [0.15, 0.2) is 23.3 Å². The highest BCUT2D eigenvalue weighted by Crippen LogP contribution is 2.17. The van der Waals surface area contributed by atoms with Gasteiger partial charge in [-0.3, -0.25) is 0 Å². The normalized spacial score (nSPS) is 17.0. The van der Waals surface area contributed by atoms with Gasteiger partial charge in [-0.05, 0) is 39.3 Å². The first kappa shape index (κ1) is 23.8. The van der Waals surface area contributed by atoms with Crippen molar-refractivity contribution in [2.75, 3.05) is 31.1 Å². The quantitative estimate of drug-likeness (QED) is 0.340. The number of halogens is 1. The van der Waals surface area contributed by atoms with Gasteiger partial charge in [0.25, 0.3) is 0 Å². The van der Waals surface area contributed by atoms with Crippen LogP contribution in [0.2, 0.25) is 0 Å². The number of hydrogen-bond acceptors (Lipinski definition) is 6. The van der Waals surface area contributed by atoms with Crippen molar-refractivity contribution in [1.29, 1.82) is 0 Å². The second kappa shape index (κ2) is 11.7. The zero-order chi connectivity index (χ0) is 19.9. The maximum Gasteiger partial charge on any atom is 0.191 e. The summed E-state index contributed by atoms with van der Waals surface area (Å²) in [6, 6.07) is 4.17. The number of aromatic nitrogens is 2. The lowest BCUT2D eigenvalue weighted by Gasteiger charge is -2.32. The van der Waals surface area contributed by atoms with Crippen LogP contribution < -0.4 is 15.5 Å². The smallest absolute Gasteiger partial charge is 0.191 e. The fraction of sp³-hybridized carbons (Fsp3) is 0.550. The molecular formula is C20H31IN6OS. The van der Waals surface area contributed by atoms with Gasteiger partial charge in [0.15, 0.2) is 5.96 Å². The van der Waals surface area contributed by atoms with Crippen molar-refractivity contribution in [1.82, 2.24) is 20.6 Å². The fourth-order valence-electron chi connectivity index (χ4n) is 3.01. The first-order valence-electron chi connectivity index (χ1n) is 9.81. The summed E-state index contributed by atoms with van der Waals surface area (Å²) < 4.78 is 5.60. The molecule has 2 N–H and O–H groups in total. The Morgan fingerprint density at radius 1 is 1.34 bits per heavy atom. The SMILES string of the molecule is CCNC(=NCc1ccc(N2CCOC(C)C2)nc1)NCc1nc(C)c(C)s1.I. The lowest BCUT2D eigenvalue weighted by atomic mass is 10.2. The molecule has 0 spiro atoms. The summed E-state index contributed by atoms with van der Waals surface area (Å²) in [4.78, 5) is 17.4. The second-order valence-electron chi connectivity index (χ2n) is 6.95. The van der Waals surface area contributed by atoms with Crippen LogP contribution in [0, 0.1) is 13.8 Å². The predicted octanol–water partition coefficient (Wildman–Crippen LogP) is 3.25. The van der Waals surface area contributed by atoms with Crippen LogP contribution in [0.25, 0.3) is 0 Å². The Morgan fingerprint density at radius 2 is 2.17 bits per heavy atom. The molecule has 0 aromatic carbocycles. The average molecular weight is 530 g/mol. The molecule has 0 saturated carbocycles. The number of nitrogens with zero attached hydrogens (tertiary/aromatic N) is 4. The number of pyridine rings is 1. The molecule has 3 rings (SSSR count). The summed E-state index contributed by atoms with van der Waals surface area (Å²) in [5.41, 5.74) is 2.19. The van der Waals surface area contributed by atoms with Gasteiger partial charge in [0.05, 0.1) is 31.5 Å². The van der Waals surface area contributed by atoms with Gasteiger partial charge in [-0.25, -0.2) is 15.0 Å². The number of aliphatic imine (C=N–C) groups is 1. The number of guanidine groups is 1. The molecule has 0 aliphatic carbocycles. The minimum atomic E-state index is 0. The van der Waals surface area contributed by atoms with E-state index in [1.54, 1.807) is 11.3 Å². The molecule has 1 fully saturated rings. The van der Waals surface area contributed by atoms with E-state index in [0.717, 1.165) is 54.3 Å². The molecule has 1 unspecified atom stereocenters. The van der Waals surface area contributed by atoms with Crippen LogP contribution in [0.3, 0.4) is 0 Å². The van der Waals surface area contributed by atoms with E-state index in [-0.39, 0.29) is 30.1 Å². The third-order valence-corrected chi connectivity index (χ3v) is 5.69. The fourth-order valence-corrected chi connectivity index (χ4v) is 3.88. The minimum absolute atomic E-state index is 0. The molecular weight excluding hydrogens is 499 g/mol. The Bertz CT molecular complexity index is 775. The van der Waals surface area contributed by atoms with Crippen LogP contribution in [-0.4, -0.2) is 48.3 Å². The minimum Gasteiger partial charge on any atom is -0.375 e. The molecule has 0 amide bonds. The summed E-state index contributed by atoms with van der Waals surface area (Å²) in [5, 5.41) is 7.72. The van der Waals surface area contributed by atoms with Crippen molar-refractivity contribution in [3.05, 3.63) is 39.5 Å². The first-order valence-corrected chi connectivity index (χ1v) is 10.6. The molecule has 1 saturated heterocycles. The van der Waals surface area contributed by atoms with Crippen LogP contribution in [0.5, 0.6) is 0 Å². The topological polar surface area (TPSA) is 74.7 Å². The van der Waals surface area contributed by atoms with Gasteiger partial charge in [0.1, 0.15) is 10.8 Å². The van der Waals surface area contributed by atoms with E-state index in [2.05, 4.69) is 63.4 Å². The molecule has 0 bridgehead atoms. The summed E-state index contributed by atoms with van der Waals surface area (Å²) >= 11 is 1.72. The van der Waals surface area contributed by atoms with E-state index in [9.17, 15) is 0 Å². The third-order valence-electron chi connectivity index (χ3n) is 4.62. The number of ether oxygens (including phenoxy) is 1. The molecule has 29 heavy (non-hydrogen) atoms. The number of nitrogens with one attached hydrogen (secondary N) is 2. The maximum atomic E-state index is 5.60. The number of anilines is 1. The Balaban J connectivity index is 0.00000300. The van der Waals surface area contributed by atoms with E-state index in [1.807, 2.05) is 13.1 Å². The molecule has 1 aliphatic rings. The van der Waals surface area contributed by atoms with Crippen molar-refractivity contribution in [2.45, 2.75) is 46.9 Å². The highest BCUT2D eigenvalue weighted by Gasteiger charge is 2.17. The molecule has 160 valence electrons. The Hall–Kier alpha value is -1.46. The zero-order valence-corrected chi connectivity index (χ0v) is 20.7. The summed E-state index contributed by atoms with van der Waals surface area (Å²) in [6.07, 6.45) is 2.16. The summed E-state index contributed by atoms with van der Waals surface area (Å²) in [7, 11) is 0. The monoisotopic (exact) mass is 530 g/mol. The standard InChI is InChI=1S/C20H30N6OS.HI/c1-5-21-20(24-12-19-25-15(3)16(4)28-19)23-11-17-6-7-18(22-10-17)26-8-9-27-14(2)13-26;/h6-7,10,14H,5,8-9,11-13H2,1-4H3,(H2,21,23,24);1H. The van der Waals surface area contributed by atoms with Gasteiger partial charge in [-0.15, -0.1) is 35.3 Å². The molecule has 9 heteroatoms. The molecule has 2 aromatic heterocycles. The molecule has 2 aromatic rings.